The minimum atomic E-state index is -0.179. The Kier molecular flexibility index (Phi) is 8.26. The fraction of sp³-hybridized carbons (Fsp3) is 0.923. The Morgan fingerprint density at radius 2 is 1.75 bits per heavy atom. The number of unbranched alkanes of at least 4 members (excludes halogenated alkanes) is 3. The molecule has 0 unspecified atom stereocenters. The number of ether oxygens (including phenoxy) is 2. The molecule has 0 aliphatic rings. The van der Waals surface area contributed by atoms with E-state index in [0.29, 0.717) is 19.6 Å². The summed E-state index contributed by atoms with van der Waals surface area (Å²) in [6.07, 6.45) is 4.88. The molecule has 16 heavy (non-hydrogen) atoms. The van der Waals surface area contributed by atoms with E-state index in [9.17, 15) is 4.79 Å². The average Bonchev–Trinajstić information content (AvgIpc) is 2.15. The van der Waals surface area contributed by atoms with Gasteiger partial charge in [-0.15, -0.1) is 0 Å². The van der Waals surface area contributed by atoms with Crippen molar-refractivity contribution in [1.29, 1.82) is 0 Å². The van der Waals surface area contributed by atoms with Crippen LogP contribution in [0.3, 0.4) is 0 Å². The van der Waals surface area contributed by atoms with Gasteiger partial charge in [-0.3, -0.25) is 4.79 Å². The molecule has 0 saturated heterocycles. The van der Waals surface area contributed by atoms with Crippen LogP contribution < -0.4 is 0 Å². The van der Waals surface area contributed by atoms with Crippen LogP contribution in [0.1, 0.15) is 59.8 Å². The highest BCUT2D eigenvalue weighted by Crippen LogP contribution is 2.07. The average molecular weight is 230 g/mol. The zero-order valence-electron chi connectivity index (χ0n) is 11.2. The quantitative estimate of drug-likeness (QED) is 0.474. The second kappa shape index (κ2) is 8.57. The Balaban J connectivity index is 3.32. The third-order valence-electron chi connectivity index (χ3n) is 2.10. The van der Waals surface area contributed by atoms with Gasteiger partial charge in [0.05, 0.1) is 25.2 Å². The summed E-state index contributed by atoms with van der Waals surface area (Å²) in [5.41, 5.74) is -0.179. The SMILES string of the molecule is CCCCCCOC(=O)CCOC(C)(C)C. The maximum Gasteiger partial charge on any atom is 0.308 e. The summed E-state index contributed by atoms with van der Waals surface area (Å²) >= 11 is 0. The fourth-order valence-corrected chi connectivity index (χ4v) is 1.23. The number of hydrogen-bond acceptors (Lipinski definition) is 3. The molecule has 0 aromatic carbocycles. The van der Waals surface area contributed by atoms with Crippen molar-refractivity contribution in [3.05, 3.63) is 0 Å². The number of hydrogen-bond donors (Lipinski definition) is 0. The molecule has 0 bridgehead atoms. The van der Waals surface area contributed by atoms with Gasteiger partial charge in [0.1, 0.15) is 0 Å². The van der Waals surface area contributed by atoms with E-state index in [1.807, 2.05) is 20.8 Å². The number of rotatable bonds is 8. The first-order valence-corrected chi connectivity index (χ1v) is 6.25. The van der Waals surface area contributed by atoms with Gasteiger partial charge in [-0.1, -0.05) is 26.2 Å². The minimum Gasteiger partial charge on any atom is -0.466 e. The molecule has 0 fully saturated rings. The molecule has 0 amide bonds. The molecular weight excluding hydrogens is 204 g/mol. The van der Waals surface area contributed by atoms with E-state index in [-0.39, 0.29) is 11.6 Å². The molecule has 0 heterocycles. The van der Waals surface area contributed by atoms with Crippen molar-refractivity contribution in [2.24, 2.45) is 0 Å². The molecular formula is C13H26O3. The van der Waals surface area contributed by atoms with E-state index in [4.69, 9.17) is 9.47 Å². The third kappa shape index (κ3) is 11.5. The molecule has 0 aromatic rings. The van der Waals surface area contributed by atoms with E-state index in [1.165, 1.54) is 12.8 Å². The highest BCUT2D eigenvalue weighted by Gasteiger charge is 2.11. The van der Waals surface area contributed by atoms with Gasteiger partial charge in [0.15, 0.2) is 0 Å². The van der Waals surface area contributed by atoms with Gasteiger partial charge in [0.2, 0.25) is 0 Å². The molecule has 0 rings (SSSR count). The van der Waals surface area contributed by atoms with Crippen molar-refractivity contribution in [3.63, 3.8) is 0 Å². The van der Waals surface area contributed by atoms with Crippen LogP contribution in [0.5, 0.6) is 0 Å². The van der Waals surface area contributed by atoms with E-state index in [1.54, 1.807) is 0 Å². The Morgan fingerprint density at radius 1 is 1.06 bits per heavy atom. The second-order valence-corrected chi connectivity index (χ2v) is 4.99. The summed E-state index contributed by atoms with van der Waals surface area (Å²) in [4.78, 5) is 11.3. The molecule has 0 atom stereocenters. The zero-order chi connectivity index (χ0) is 12.4. The zero-order valence-corrected chi connectivity index (χ0v) is 11.2. The van der Waals surface area contributed by atoms with Crippen LogP contribution in [-0.4, -0.2) is 24.8 Å². The standard InChI is InChI=1S/C13H26O3/c1-5-6-7-8-10-15-12(14)9-11-16-13(2,3)4/h5-11H2,1-4H3. The first kappa shape index (κ1) is 15.4. The minimum absolute atomic E-state index is 0.152. The van der Waals surface area contributed by atoms with Crippen LogP contribution in [0.25, 0.3) is 0 Å². The van der Waals surface area contributed by atoms with E-state index >= 15 is 0 Å². The van der Waals surface area contributed by atoms with Crippen molar-refractivity contribution >= 4 is 5.97 Å². The molecule has 0 aromatic heterocycles. The van der Waals surface area contributed by atoms with Gasteiger partial charge in [0.25, 0.3) is 0 Å². The Morgan fingerprint density at radius 3 is 2.31 bits per heavy atom. The maximum absolute atomic E-state index is 11.3. The van der Waals surface area contributed by atoms with Crippen molar-refractivity contribution in [1.82, 2.24) is 0 Å². The fourth-order valence-electron chi connectivity index (χ4n) is 1.23. The van der Waals surface area contributed by atoms with E-state index in [0.717, 1.165) is 12.8 Å². The van der Waals surface area contributed by atoms with E-state index < -0.39 is 0 Å². The Bertz CT molecular complexity index is 182. The molecule has 3 nitrogen and oxygen atoms in total. The lowest BCUT2D eigenvalue weighted by Crippen LogP contribution is -2.21. The molecule has 0 radical (unpaired) electrons. The van der Waals surface area contributed by atoms with Crippen LogP contribution in [0.2, 0.25) is 0 Å². The summed E-state index contributed by atoms with van der Waals surface area (Å²) in [5, 5.41) is 0. The summed E-state index contributed by atoms with van der Waals surface area (Å²) < 4.78 is 10.5. The maximum atomic E-state index is 11.3. The highest BCUT2D eigenvalue weighted by atomic mass is 16.5. The van der Waals surface area contributed by atoms with Crippen molar-refractivity contribution in [3.8, 4) is 0 Å². The number of carbonyl (C=O) groups is 1. The predicted molar refractivity (Wildman–Crippen MR) is 65.4 cm³/mol. The molecule has 0 N–H and O–H groups in total. The van der Waals surface area contributed by atoms with Crippen LogP contribution >= 0.6 is 0 Å². The molecule has 0 aliphatic heterocycles. The number of esters is 1. The molecule has 3 heteroatoms. The lowest BCUT2D eigenvalue weighted by Gasteiger charge is -2.18. The van der Waals surface area contributed by atoms with Crippen molar-refractivity contribution in [2.75, 3.05) is 13.2 Å². The third-order valence-corrected chi connectivity index (χ3v) is 2.10. The van der Waals surface area contributed by atoms with Crippen LogP contribution in [0, 0.1) is 0 Å². The van der Waals surface area contributed by atoms with Gasteiger partial charge < -0.3 is 9.47 Å². The summed E-state index contributed by atoms with van der Waals surface area (Å²) in [5.74, 6) is -0.152. The largest absolute Gasteiger partial charge is 0.466 e. The van der Waals surface area contributed by atoms with Crippen LogP contribution in [0.4, 0.5) is 0 Å². The first-order valence-electron chi connectivity index (χ1n) is 6.25. The number of carbonyl (C=O) groups excluding carboxylic acids is 1. The highest BCUT2D eigenvalue weighted by molar-refractivity contribution is 5.69. The normalized spacial score (nSPS) is 11.5. The smallest absolute Gasteiger partial charge is 0.308 e. The van der Waals surface area contributed by atoms with Gasteiger partial charge in [-0.05, 0) is 27.2 Å². The second-order valence-electron chi connectivity index (χ2n) is 4.99. The van der Waals surface area contributed by atoms with Crippen molar-refractivity contribution < 1.29 is 14.3 Å². The van der Waals surface area contributed by atoms with Crippen LogP contribution in [0.15, 0.2) is 0 Å². The lowest BCUT2D eigenvalue weighted by molar-refractivity contribution is -0.146. The molecule has 0 spiro atoms. The molecule has 0 aliphatic carbocycles. The lowest BCUT2D eigenvalue weighted by atomic mass is 10.2. The molecule has 96 valence electrons. The summed E-state index contributed by atoms with van der Waals surface area (Å²) in [7, 11) is 0. The van der Waals surface area contributed by atoms with Crippen molar-refractivity contribution in [2.45, 2.75) is 65.4 Å². The van der Waals surface area contributed by atoms with Gasteiger partial charge in [0, 0.05) is 0 Å². The van der Waals surface area contributed by atoms with Crippen LogP contribution in [-0.2, 0) is 14.3 Å². The molecule has 0 saturated carbocycles. The van der Waals surface area contributed by atoms with E-state index in [2.05, 4.69) is 6.92 Å². The Hall–Kier alpha value is -0.570. The van der Waals surface area contributed by atoms with Gasteiger partial charge >= 0.3 is 5.97 Å². The monoisotopic (exact) mass is 230 g/mol. The summed E-state index contributed by atoms with van der Waals surface area (Å²) in [6, 6.07) is 0. The summed E-state index contributed by atoms with van der Waals surface area (Å²) in [6.45, 7) is 9.08. The predicted octanol–water partition coefficient (Wildman–Crippen LogP) is 3.32. The van der Waals surface area contributed by atoms with Gasteiger partial charge in [-0.25, -0.2) is 0 Å². The first-order chi connectivity index (χ1) is 7.45. The Labute approximate surface area is 99.5 Å². The van der Waals surface area contributed by atoms with Gasteiger partial charge in [-0.2, -0.15) is 0 Å². The topological polar surface area (TPSA) is 35.5 Å².